The lowest BCUT2D eigenvalue weighted by Crippen LogP contribution is -2.31. The highest BCUT2D eigenvalue weighted by molar-refractivity contribution is 7.18. The van der Waals surface area contributed by atoms with Crippen molar-refractivity contribution in [3.05, 3.63) is 66.5 Å². The summed E-state index contributed by atoms with van der Waals surface area (Å²) in [5.74, 6) is -0.101. The topological polar surface area (TPSA) is 59.0 Å². The number of unbranched alkanes of at least 4 members (excludes halogenated alkanes) is 1. The highest BCUT2D eigenvalue weighted by atomic mass is 32.1. The molecule has 132 valence electrons. The highest BCUT2D eigenvalue weighted by Gasteiger charge is 2.21. The molecule has 0 fully saturated rings. The molecule has 0 N–H and O–H groups in total. The van der Waals surface area contributed by atoms with Crippen LogP contribution >= 0.6 is 11.3 Å². The van der Waals surface area contributed by atoms with Crippen molar-refractivity contribution in [2.45, 2.75) is 19.8 Å². The Morgan fingerprint density at radius 1 is 1.23 bits per heavy atom. The van der Waals surface area contributed by atoms with Crippen molar-refractivity contribution in [1.82, 2.24) is 15.2 Å². The summed E-state index contributed by atoms with van der Waals surface area (Å²) < 4.78 is 0. The number of benzene rings is 1. The predicted molar refractivity (Wildman–Crippen MR) is 106 cm³/mol. The van der Waals surface area contributed by atoms with Gasteiger partial charge in [-0.15, -0.1) is 10.2 Å². The van der Waals surface area contributed by atoms with Crippen LogP contribution in [0.1, 0.15) is 35.7 Å². The number of nitrogens with zero attached hydrogens (tertiary/aromatic N) is 4. The minimum Gasteiger partial charge on any atom is -0.283 e. The van der Waals surface area contributed by atoms with Crippen LogP contribution in [0.15, 0.2) is 55.4 Å². The molecule has 0 saturated carbocycles. The van der Waals surface area contributed by atoms with E-state index in [1.807, 2.05) is 24.3 Å². The smallest absolute Gasteiger partial charge is 0.261 e. The predicted octanol–water partition coefficient (Wildman–Crippen LogP) is 4.69. The number of anilines is 1. The van der Waals surface area contributed by atoms with E-state index >= 15 is 0 Å². The molecule has 26 heavy (non-hydrogen) atoms. The fourth-order valence-corrected chi connectivity index (χ4v) is 3.32. The molecule has 0 saturated heterocycles. The van der Waals surface area contributed by atoms with E-state index in [4.69, 9.17) is 0 Å². The zero-order valence-corrected chi connectivity index (χ0v) is 15.4. The summed E-state index contributed by atoms with van der Waals surface area (Å²) in [6.45, 7) is 6.46. The first kappa shape index (κ1) is 17.9. The highest BCUT2D eigenvalue weighted by Crippen LogP contribution is 2.30. The summed E-state index contributed by atoms with van der Waals surface area (Å²) in [6.07, 6.45) is 6.93. The average molecular weight is 364 g/mol. The number of carbonyl (C=O) groups is 1. The Kier molecular flexibility index (Phi) is 5.86. The van der Waals surface area contributed by atoms with Crippen molar-refractivity contribution in [1.29, 1.82) is 0 Å². The Hall–Kier alpha value is -2.86. The first-order chi connectivity index (χ1) is 12.7. The molecule has 0 atom stereocenters. The average Bonchev–Trinajstić information content (AvgIpc) is 3.19. The lowest BCUT2D eigenvalue weighted by atomic mass is 10.1. The third-order valence-electron chi connectivity index (χ3n) is 3.93. The molecule has 0 aliphatic rings. The molecule has 2 aromatic heterocycles. The fourth-order valence-electron chi connectivity index (χ4n) is 2.45. The van der Waals surface area contributed by atoms with Gasteiger partial charge in [0.25, 0.3) is 5.91 Å². The molecule has 2 heterocycles. The van der Waals surface area contributed by atoms with E-state index in [1.165, 1.54) is 11.3 Å². The van der Waals surface area contributed by atoms with Crippen LogP contribution in [-0.2, 0) is 0 Å². The summed E-state index contributed by atoms with van der Waals surface area (Å²) in [5, 5.41) is 9.94. The minimum absolute atomic E-state index is 0.101. The molecule has 0 aliphatic carbocycles. The van der Waals surface area contributed by atoms with E-state index in [1.54, 1.807) is 35.5 Å². The van der Waals surface area contributed by atoms with Gasteiger partial charge in [0.15, 0.2) is 0 Å². The molecular weight excluding hydrogens is 344 g/mol. The summed E-state index contributed by atoms with van der Waals surface area (Å²) in [4.78, 5) is 18.6. The maximum absolute atomic E-state index is 12.9. The van der Waals surface area contributed by atoms with E-state index in [9.17, 15) is 4.79 Å². The Morgan fingerprint density at radius 2 is 2.04 bits per heavy atom. The quantitative estimate of drug-likeness (QED) is 0.610. The van der Waals surface area contributed by atoms with Crippen LogP contribution in [0.4, 0.5) is 5.13 Å². The maximum atomic E-state index is 12.9. The molecule has 0 bridgehead atoms. The van der Waals surface area contributed by atoms with Gasteiger partial charge in [0.05, 0.1) is 5.56 Å². The lowest BCUT2D eigenvalue weighted by molar-refractivity contribution is 0.0986. The number of rotatable bonds is 7. The monoisotopic (exact) mass is 364 g/mol. The van der Waals surface area contributed by atoms with Gasteiger partial charge < -0.3 is 0 Å². The largest absolute Gasteiger partial charge is 0.283 e. The fraction of sp³-hybridized carbons (Fsp3) is 0.200. The van der Waals surface area contributed by atoms with Gasteiger partial charge in [-0.25, -0.2) is 0 Å². The Morgan fingerprint density at radius 3 is 2.69 bits per heavy atom. The first-order valence-electron chi connectivity index (χ1n) is 8.51. The molecule has 3 rings (SSSR count). The lowest BCUT2D eigenvalue weighted by Gasteiger charge is -2.18. The molecule has 0 spiro atoms. The van der Waals surface area contributed by atoms with Gasteiger partial charge in [0.2, 0.25) is 5.13 Å². The van der Waals surface area contributed by atoms with Crippen molar-refractivity contribution in [2.24, 2.45) is 0 Å². The number of aromatic nitrogens is 3. The van der Waals surface area contributed by atoms with E-state index in [2.05, 4.69) is 28.7 Å². The molecular formula is C20H20N4OS. The van der Waals surface area contributed by atoms with Crippen molar-refractivity contribution in [3.8, 4) is 10.6 Å². The molecule has 0 radical (unpaired) electrons. The van der Waals surface area contributed by atoms with Gasteiger partial charge in [0.1, 0.15) is 5.01 Å². The molecule has 5 nitrogen and oxygen atoms in total. The molecule has 1 aromatic carbocycles. The number of carbonyl (C=O) groups excluding carboxylic acids is 1. The van der Waals surface area contributed by atoms with Gasteiger partial charge in [-0.3, -0.25) is 14.7 Å². The third-order valence-corrected chi connectivity index (χ3v) is 4.92. The van der Waals surface area contributed by atoms with E-state index in [-0.39, 0.29) is 5.91 Å². The zero-order valence-electron chi connectivity index (χ0n) is 14.6. The Labute approximate surface area is 157 Å². The van der Waals surface area contributed by atoms with Crippen LogP contribution < -0.4 is 4.90 Å². The second-order valence-corrected chi connectivity index (χ2v) is 6.72. The van der Waals surface area contributed by atoms with Gasteiger partial charge in [0, 0.05) is 24.5 Å². The molecule has 0 unspecified atom stereocenters. The number of amides is 1. The third kappa shape index (κ3) is 4.03. The Balaban J connectivity index is 1.88. The number of hydrogen-bond donors (Lipinski definition) is 0. The van der Waals surface area contributed by atoms with Crippen LogP contribution in [0.2, 0.25) is 0 Å². The molecule has 6 heteroatoms. The van der Waals surface area contributed by atoms with Crippen molar-refractivity contribution in [2.75, 3.05) is 11.4 Å². The van der Waals surface area contributed by atoms with Crippen molar-refractivity contribution >= 4 is 28.5 Å². The normalized spacial score (nSPS) is 10.5. The van der Waals surface area contributed by atoms with Crippen molar-refractivity contribution < 1.29 is 4.79 Å². The molecule has 3 aromatic rings. The van der Waals surface area contributed by atoms with Gasteiger partial charge in [-0.1, -0.05) is 61.6 Å². The van der Waals surface area contributed by atoms with Crippen LogP contribution in [0, 0.1) is 0 Å². The maximum Gasteiger partial charge on any atom is 0.261 e. The summed E-state index contributed by atoms with van der Waals surface area (Å²) in [5.41, 5.74) is 2.58. The van der Waals surface area contributed by atoms with E-state index in [0.717, 1.165) is 29.0 Å². The van der Waals surface area contributed by atoms with Crippen LogP contribution in [0.25, 0.3) is 16.6 Å². The van der Waals surface area contributed by atoms with E-state index < -0.39 is 0 Å². The minimum atomic E-state index is -0.101. The second kappa shape index (κ2) is 8.49. The standard InChI is InChI=1S/C20H20N4OS/c1-3-5-13-24(19(25)17-7-6-12-21-14-17)20-23-22-18(26-20)16-10-8-15(4-2)9-11-16/h4,6-12,14H,2-3,5,13H2,1H3. The Bertz CT molecular complexity index is 874. The first-order valence-corrected chi connectivity index (χ1v) is 9.33. The van der Waals surface area contributed by atoms with Crippen LogP contribution in [-0.4, -0.2) is 27.6 Å². The van der Waals surface area contributed by atoms with Crippen LogP contribution in [0.5, 0.6) is 0 Å². The number of hydrogen-bond acceptors (Lipinski definition) is 5. The van der Waals surface area contributed by atoms with Gasteiger partial charge >= 0.3 is 0 Å². The van der Waals surface area contributed by atoms with Gasteiger partial charge in [-0.05, 0) is 24.1 Å². The number of pyridine rings is 1. The molecule has 0 aliphatic heterocycles. The van der Waals surface area contributed by atoms with Crippen LogP contribution in [0.3, 0.4) is 0 Å². The zero-order chi connectivity index (χ0) is 18.4. The molecule has 1 amide bonds. The second-order valence-electron chi connectivity index (χ2n) is 5.77. The van der Waals surface area contributed by atoms with Gasteiger partial charge in [-0.2, -0.15) is 0 Å². The summed E-state index contributed by atoms with van der Waals surface area (Å²) >= 11 is 1.42. The SMILES string of the molecule is C=Cc1ccc(-c2nnc(N(CCCC)C(=O)c3cccnc3)s2)cc1. The summed E-state index contributed by atoms with van der Waals surface area (Å²) in [6, 6.07) is 11.5. The van der Waals surface area contributed by atoms with E-state index in [0.29, 0.717) is 17.2 Å². The summed E-state index contributed by atoms with van der Waals surface area (Å²) in [7, 11) is 0. The van der Waals surface area contributed by atoms with Crippen molar-refractivity contribution in [3.63, 3.8) is 0 Å².